The van der Waals surface area contributed by atoms with Crippen LogP contribution in [0.1, 0.15) is 20.3 Å². The minimum Gasteiger partial charge on any atom is -0.255 e. The maximum absolute atomic E-state index is 5.90. The molecule has 1 atom stereocenters. The highest BCUT2D eigenvalue weighted by atomic mass is 35.5. The largest absolute Gasteiger partial charge is 0.255 e. The van der Waals surface area contributed by atoms with Gasteiger partial charge in [-0.1, -0.05) is 55.2 Å². The maximum Gasteiger partial charge on any atom is 0.145 e. The monoisotopic (exact) mass is 243 g/mol. The average molecular weight is 244 g/mol. The number of alkyl halides is 2. The van der Waals surface area contributed by atoms with Crippen LogP contribution in [0, 0.1) is 5.92 Å². The summed E-state index contributed by atoms with van der Waals surface area (Å²) in [5.41, 5.74) is 1.74. The maximum atomic E-state index is 5.90. The average Bonchev–Trinajstić information content (AvgIpc) is 2.26. The number of aliphatic imine (C=N–C) groups is 1. The predicted molar refractivity (Wildman–Crippen MR) is 68.5 cm³/mol. The summed E-state index contributed by atoms with van der Waals surface area (Å²) >= 11 is 11.8. The van der Waals surface area contributed by atoms with Gasteiger partial charge in [-0.3, -0.25) is 4.99 Å². The summed E-state index contributed by atoms with van der Waals surface area (Å²) in [7, 11) is 0. The van der Waals surface area contributed by atoms with Crippen LogP contribution in [-0.2, 0) is 0 Å². The van der Waals surface area contributed by atoms with Gasteiger partial charge in [-0.15, -0.1) is 0 Å². The van der Waals surface area contributed by atoms with Crippen molar-refractivity contribution in [3.63, 3.8) is 0 Å². The lowest BCUT2D eigenvalue weighted by Crippen LogP contribution is -2.17. The Labute approximate surface area is 101 Å². The Kier molecular flexibility index (Phi) is 5.13. The van der Waals surface area contributed by atoms with Gasteiger partial charge in [0, 0.05) is 0 Å². The number of para-hydroxylation sites is 1. The van der Waals surface area contributed by atoms with Gasteiger partial charge in [0.25, 0.3) is 0 Å². The minimum atomic E-state index is -0.528. The first-order chi connectivity index (χ1) is 7.15. The molecule has 1 rings (SSSR count). The van der Waals surface area contributed by atoms with Crippen molar-refractivity contribution in [2.24, 2.45) is 10.9 Å². The zero-order chi connectivity index (χ0) is 11.3. The molecule has 0 fully saturated rings. The number of rotatable bonds is 4. The van der Waals surface area contributed by atoms with Gasteiger partial charge in [0.15, 0.2) is 0 Å². The Morgan fingerprint density at radius 2 is 1.87 bits per heavy atom. The lowest BCUT2D eigenvalue weighted by atomic mass is 10.0. The molecule has 0 saturated heterocycles. The standard InChI is InChI=1S/C12H15Cl2N/c1-3-9(2)11(12(13)14)15-10-7-5-4-6-8-10/h4-9,12H,3H2,1-2H3. The molecule has 1 nitrogen and oxygen atoms in total. The van der Waals surface area contributed by atoms with Crippen LogP contribution in [0.2, 0.25) is 0 Å². The second-order valence-corrected chi connectivity index (χ2v) is 4.58. The van der Waals surface area contributed by atoms with Crippen molar-refractivity contribution in [1.29, 1.82) is 0 Å². The van der Waals surface area contributed by atoms with Gasteiger partial charge in [0.1, 0.15) is 4.84 Å². The molecule has 0 heterocycles. The van der Waals surface area contributed by atoms with Gasteiger partial charge >= 0.3 is 0 Å². The summed E-state index contributed by atoms with van der Waals surface area (Å²) in [6, 6.07) is 9.74. The van der Waals surface area contributed by atoms with E-state index in [2.05, 4.69) is 18.8 Å². The molecule has 0 aliphatic carbocycles. The van der Waals surface area contributed by atoms with Crippen molar-refractivity contribution in [1.82, 2.24) is 0 Å². The highest BCUT2D eigenvalue weighted by molar-refractivity contribution is 6.54. The van der Waals surface area contributed by atoms with Gasteiger partial charge in [0.05, 0.1) is 11.4 Å². The van der Waals surface area contributed by atoms with Crippen molar-refractivity contribution < 1.29 is 0 Å². The zero-order valence-electron chi connectivity index (χ0n) is 8.95. The fourth-order valence-electron chi connectivity index (χ4n) is 1.23. The normalized spacial score (nSPS) is 14.3. The van der Waals surface area contributed by atoms with Crippen LogP contribution >= 0.6 is 23.2 Å². The Hall–Kier alpha value is -0.530. The van der Waals surface area contributed by atoms with Crippen molar-refractivity contribution in [2.75, 3.05) is 0 Å². The molecule has 0 radical (unpaired) electrons. The van der Waals surface area contributed by atoms with Crippen molar-refractivity contribution in [2.45, 2.75) is 25.1 Å². The smallest absolute Gasteiger partial charge is 0.145 e. The first-order valence-corrected chi connectivity index (χ1v) is 5.94. The first-order valence-electron chi connectivity index (χ1n) is 5.06. The Bertz CT molecular complexity index is 320. The van der Waals surface area contributed by atoms with Crippen LogP contribution in [-0.4, -0.2) is 10.5 Å². The van der Waals surface area contributed by atoms with Gasteiger partial charge in [-0.25, -0.2) is 0 Å². The molecule has 15 heavy (non-hydrogen) atoms. The van der Waals surface area contributed by atoms with Crippen LogP contribution in [0.25, 0.3) is 0 Å². The number of hydrogen-bond donors (Lipinski definition) is 0. The Morgan fingerprint density at radius 1 is 1.27 bits per heavy atom. The highest BCUT2D eigenvalue weighted by Crippen LogP contribution is 2.20. The van der Waals surface area contributed by atoms with Crippen LogP contribution in [0.4, 0.5) is 5.69 Å². The third-order valence-electron chi connectivity index (χ3n) is 2.36. The summed E-state index contributed by atoms with van der Waals surface area (Å²) in [5.74, 6) is 0.310. The fraction of sp³-hybridized carbons (Fsp3) is 0.417. The lowest BCUT2D eigenvalue weighted by Gasteiger charge is -2.13. The molecule has 1 unspecified atom stereocenters. The van der Waals surface area contributed by atoms with Gasteiger partial charge in [-0.2, -0.15) is 0 Å². The third-order valence-corrected chi connectivity index (χ3v) is 2.80. The summed E-state index contributed by atoms with van der Waals surface area (Å²) in [6.07, 6.45) is 0.988. The molecule has 0 aromatic heterocycles. The number of benzene rings is 1. The summed E-state index contributed by atoms with van der Waals surface area (Å²) < 4.78 is 0. The summed E-state index contributed by atoms with van der Waals surface area (Å²) in [4.78, 5) is 3.95. The summed E-state index contributed by atoms with van der Waals surface area (Å²) in [6.45, 7) is 4.18. The topological polar surface area (TPSA) is 12.4 Å². The van der Waals surface area contributed by atoms with Crippen LogP contribution < -0.4 is 0 Å². The molecule has 0 bridgehead atoms. The van der Waals surface area contributed by atoms with E-state index in [1.807, 2.05) is 30.3 Å². The Balaban J connectivity index is 2.94. The van der Waals surface area contributed by atoms with Gasteiger partial charge in [-0.05, 0) is 24.5 Å². The van der Waals surface area contributed by atoms with E-state index in [1.165, 1.54) is 0 Å². The Morgan fingerprint density at radius 3 is 2.33 bits per heavy atom. The van der Waals surface area contributed by atoms with Crippen LogP contribution in [0.3, 0.4) is 0 Å². The van der Waals surface area contributed by atoms with E-state index >= 15 is 0 Å². The van der Waals surface area contributed by atoms with E-state index in [9.17, 15) is 0 Å². The van der Waals surface area contributed by atoms with Crippen LogP contribution in [0.15, 0.2) is 35.3 Å². The van der Waals surface area contributed by atoms with E-state index in [4.69, 9.17) is 23.2 Å². The predicted octanol–water partition coefficient (Wildman–Crippen LogP) is 4.61. The molecule has 1 aromatic rings. The molecule has 0 aliphatic heterocycles. The van der Waals surface area contributed by atoms with Crippen molar-refractivity contribution in [3.8, 4) is 0 Å². The molecule has 82 valence electrons. The molecule has 0 amide bonds. The van der Waals surface area contributed by atoms with E-state index in [0.717, 1.165) is 17.8 Å². The van der Waals surface area contributed by atoms with Crippen molar-refractivity contribution in [3.05, 3.63) is 30.3 Å². The van der Waals surface area contributed by atoms with Crippen LogP contribution in [0.5, 0.6) is 0 Å². The SMILES string of the molecule is CCC(C)C(=Nc1ccccc1)C(Cl)Cl. The number of nitrogens with zero attached hydrogens (tertiary/aromatic N) is 1. The minimum absolute atomic E-state index is 0.310. The summed E-state index contributed by atoms with van der Waals surface area (Å²) in [5, 5.41) is 0. The zero-order valence-corrected chi connectivity index (χ0v) is 10.5. The second kappa shape index (κ2) is 6.14. The first kappa shape index (κ1) is 12.5. The van der Waals surface area contributed by atoms with Gasteiger partial charge in [0.2, 0.25) is 0 Å². The number of halogens is 2. The molecular weight excluding hydrogens is 229 g/mol. The molecular formula is C12H15Cl2N. The molecule has 3 heteroatoms. The van der Waals surface area contributed by atoms with Gasteiger partial charge < -0.3 is 0 Å². The number of hydrogen-bond acceptors (Lipinski definition) is 1. The van der Waals surface area contributed by atoms with E-state index < -0.39 is 4.84 Å². The molecule has 0 spiro atoms. The highest BCUT2D eigenvalue weighted by Gasteiger charge is 2.15. The van der Waals surface area contributed by atoms with E-state index in [0.29, 0.717) is 5.92 Å². The third kappa shape index (κ3) is 3.84. The van der Waals surface area contributed by atoms with E-state index in [-0.39, 0.29) is 0 Å². The molecule has 0 saturated carbocycles. The van der Waals surface area contributed by atoms with E-state index in [1.54, 1.807) is 0 Å². The fourth-order valence-corrected chi connectivity index (χ4v) is 1.76. The quantitative estimate of drug-likeness (QED) is 0.541. The molecule has 1 aromatic carbocycles. The molecule has 0 N–H and O–H groups in total. The lowest BCUT2D eigenvalue weighted by molar-refractivity contribution is 0.734. The second-order valence-electron chi connectivity index (χ2n) is 3.48. The van der Waals surface area contributed by atoms with Crippen molar-refractivity contribution >= 4 is 34.6 Å². The molecule has 0 aliphatic rings.